The van der Waals surface area contributed by atoms with Gasteiger partial charge in [-0.1, -0.05) is 24.3 Å². The zero-order valence-electron chi connectivity index (χ0n) is 15.6. The maximum atomic E-state index is 12.5. The first-order valence-corrected chi connectivity index (χ1v) is 8.41. The highest BCUT2D eigenvalue weighted by Crippen LogP contribution is 2.33. The molecule has 0 aliphatic rings. The number of carbonyl (C=O) groups is 1. The Bertz CT molecular complexity index is 757. The minimum atomic E-state index is -0.809. The number of aryl methyl sites for hydroxylation is 3. The number of hydrogen-bond donors (Lipinski definition) is 1. The molecule has 0 saturated carbocycles. The summed E-state index contributed by atoms with van der Waals surface area (Å²) < 4.78 is 11.5. The van der Waals surface area contributed by atoms with Gasteiger partial charge < -0.3 is 14.6 Å². The van der Waals surface area contributed by atoms with Gasteiger partial charge in [-0.25, -0.2) is 4.79 Å². The SMILES string of the molecule is Cc1cc(C)c(OC(=O)c2ccccc2C)c(OCCC(C)(C)O)c1. The number of ether oxygens (including phenoxy) is 2. The van der Waals surface area contributed by atoms with Crippen molar-refractivity contribution < 1.29 is 19.4 Å². The highest BCUT2D eigenvalue weighted by molar-refractivity contribution is 5.93. The molecule has 2 aromatic carbocycles. The van der Waals surface area contributed by atoms with Crippen molar-refractivity contribution in [1.29, 1.82) is 0 Å². The van der Waals surface area contributed by atoms with Crippen LogP contribution < -0.4 is 9.47 Å². The molecule has 2 aromatic rings. The van der Waals surface area contributed by atoms with Crippen LogP contribution >= 0.6 is 0 Å². The van der Waals surface area contributed by atoms with E-state index in [1.165, 1.54) is 0 Å². The zero-order valence-corrected chi connectivity index (χ0v) is 15.6. The van der Waals surface area contributed by atoms with Crippen LogP contribution in [0.5, 0.6) is 11.5 Å². The average molecular weight is 342 g/mol. The maximum Gasteiger partial charge on any atom is 0.343 e. The lowest BCUT2D eigenvalue weighted by Crippen LogP contribution is -2.22. The predicted molar refractivity (Wildman–Crippen MR) is 98.5 cm³/mol. The van der Waals surface area contributed by atoms with Crippen LogP contribution in [0, 0.1) is 20.8 Å². The highest BCUT2D eigenvalue weighted by Gasteiger charge is 2.18. The lowest BCUT2D eigenvalue weighted by Gasteiger charge is -2.19. The van der Waals surface area contributed by atoms with E-state index in [1.807, 2.05) is 51.1 Å². The Morgan fingerprint density at radius 2 is 1.76 bits per heavy atom. The fourth-order valence-electron chi connectivity index (χ4n) is 2.51. The second kappa shape index (κ2) is 7.70. The van der Waals surface area contributed by atoms with Crippen molar-refractivity contribution in [3.8, 4) is 11.5 Å². The molecule has 0 saturated heterocycles. The summed E-state index contributed by atoms with van der Waals surface area (Å²) in [6, 6.07) is 11.1. The zero-order chi connectivity index (χ0) is 18.6. The van der Waals surface area contributed by atoms with Crippen LogP contribution in [0.25, 0.3) is 0 Å². The summed E-state index contributed by atoms with van der Waals surface area (Å²) in [5.74, 6) is 0.538. The molecule has 0 radical (unpaired) electrons. The van der Waals surface area contributed by atoms with Crippen molar-refractivity contribution >= 4 is 5.97 Å². The Kier molecular flexibility index (Phi) is 5.85. The van der Waals surface area contributed by atoms with Crippen LogP contribution in [0.15, 0.2) is 36.4 Å². The minimum absolute atomic E-state index is 0.335. The van der Waals surface area contributed by atoms with Gasteiger partial charge in [0, 0.05) is 6.42 Å². The van der Waals surface area contributed by atoms with E-state index in [2.05, 4.69) is 0 Å². The first-order chi connectivity index (χ1) is 11.7. The highest BCUT2D eigenvalue weighted by atomic mass is 16.6. The van der Waals surface area contributed by atoms with Gasteiger partial charge in [0.2, 0.25) is 0 Å². The summed E-state index contributed by atoms with van der Waals surface area (Å²) in [5, 5.41) is 9.83. The van der Waals surface area contributed by atoms with E-state index >= 15 is 0 Å². The largest absolute Gasteiger partial charge is 0.490 e. The molecule has 4 nitrogen and oxygen atoms in total. The topological polar surface area (TPSA) is 55.8 Å². The van der Waals surface area contributed by atoms with Crippen molar-refractivity contribution in [2.75, 3.05) is 6.61 Å². The first-order valence-electron chi connectivity index (χ1n) is 8.41. The molecule has 0 heterocycles. The first kappa shape index (κ1) is 19.0. The third kappa shape index (κ3) is 5.33. The van der Waals surface area contributed by atoms with Crippen LogP contribution in [-0.4, -0.2) is 23.3 Å². The molecule has 0 aliphatic heterocycles. The fourth-order valence-corrected chi connectivity index (χ4v) is 2.51. The Morgan fingerprint density at radius 1 is 1.08 bits per heavy atom. The van der Waals surface area contributed by atoms with Gasteiger partial charge in [-0.2, -0.15) is 0 Å². The van der Waals surface area contributed by atoms with Crippen molar-refractivity contribution in [3.05, 3.63) is 58.7 Å². The van der Waals surface area contributed by atoms with Gasteiger partial charge in [0.05, 0.1) is 17.8 Å². The van der Waals surface area contributed by atoms with Crippen LogP contribution in [-0.2, 0) is 0 Å². The third-order valence-corrected chi connectivity index (χ3v) is 3.92. The smallest absolute Gasteiger partial charge is 0.343 e. The summed E-state index contributed by atoms with van der Waals surface area (Å²) in [5.41, 5.74) is 2.44. The van der Waals surface area contributed by atoms with E-state index in [4.69, 9.17) is 9.47 Å². The van der Waals surface area contributed by atoms with Gasteiger partial charge in [0.25, 0.3) is 0 Å². The second-order valence-electron chi connectivity index (χ2n) is 7.02. The molecule has 2 rings (SSSR count). The molecular weight excluding hydrogens is 316 g/mol. The number of hydrogen-bond acceptors (Lipinski definition) is 4. The molecule has 134 valence electrons. The summed E-state index contributed by atoms with van der Waals surface area (Å²) in [6.45, 7) is 9.52. The molecule has 4 heteroatoms. The van der Waals surface area contributed by atoms with Crippen LogP contribution in [0.3, 0.4) is 0 Å². The monoisotopic (exact) mass is 342 g/mol. The van der Waals surface area contributed by atoms with Crippen LogP contribution in [0.2, 0.25) is 0 Å². The van der Waals surface area contributed by atoms with Crippen LogP contribution in [0.4, 0.5) is 0 Å². The Morgan fingerprint density at radius 3 is 2.40 bits per heavy atom. The normalized spacial score (nSPS) is 11.3. The molecule has 25 heavy (non-hydrogen) atoms. The second-order valence-corrected chi connectivity index (χ2v) is 7.02. The van der Waals surface area contributed by atoms with Crippen molar-refractivity contribution in [1.82, 2.24) is 0 Å². The molecule has 0 atom stereocenters. The number of aliphatic hydroxyl groups is 1. The molecule has 0 aromatic heterocycles. The van der Waals surface area contributed by atoms with Gasteiger partial charge in [0.1, 0.15) is 0 Å². The minimum Gasteiger partial charge on any atom is -0.490 e. The number of esters is 1. The van der Waals surface area contributed by atoms with E-state index in [1.54, 1.807) is 19.9 Å². The molecule has 0 bridgehead atoms. The van der Waals surface area contributed by atoms with Crippen molar-refractivity contribution in [2.24, 2.45) is 0 Å². The molecular formula is C21H26O4. The number of carbonyl (C=O) groups excluding carboxylic acids is 1. The van der Waals surface area contributed by atoms with Gasteiger partial charge in [0.15, 0.2) is 11.5 Å². The third-order valence-electron chi connectivity index (χ3n) is 3.92. The van der Waals surface area contributed by atoms with Gasteiger partial charge in [-0.05, 0) is 63.4 Å². The molecule has 0 fully saturated rings. The average Bonchev–Trinajstić information content (AvgIpc) is 2.49. The molecule has 1 N–H and O–H groups in total. The Labute approximate surface area is 149 Å². The van der Waals surface area contributed by atoms with E-state index in [0.717, 1.165) is 16.7 Å². The maximum absolute atomic E-state index is 12.5. The van der Waals surface area contributed by atoms with Crippen LogP contribution in [0.1, 0.15) is 47.3 Å². The lowest BCUT2D eigenvalue weighted by molar-refractivity contribution is 0.0539. The Hall–Kier alpha value is -2.33. The Balaban J connectivity index is 2.24. The summed E-state index contributed by atoms with van der Waals surface area (Å²) in [4.78, 5) is 12.5. The summed E-state index contributed by atoms with van der Waals surface area (Å²) in [7, 11) is 0. The number of rotatable bonds is 6. The molecule has 0 aliphatic carbocycles. The fraction of sp³-hybridized carbons (Fsp3) is 0.381. The van der Waals surface area contributed by atoms with E-state index < -0.39 is 11.6 Å². The van der Waals surface area contributed by atoms with Gasteiger partial charge >= 0.3 is 5.97 Å². The van der Waals surface area contributed by atoms with E-state index in [0.29, 0.717) is 30.1 Å². The van der Waals surface area contributed by atoms with Gasteiger partial charge in [-0.3, -0.25) is 0 Å². The molecule has 0 amide bonds. The van der Waals surface area contributed by atoms with Gasteiger partial charge in [-0.15, -0.1) is 0 Å². The van der Waals surface area contributed by atoms with E-state index in [-0.39, 0.29) is 0 Å². The van der Waals surface area contributed by atoms with Crippen molar-refractivity contribution in [3.63, 3.8) is 0 Å². The lowest BCUT2D eigenvalue weighted by atomic mass is 10.1. The summed E-state index contributed by atoms with van der Waals surface area (Å²) in [6.07, 6.45) is 0.477. The summed E-state index contributed by atoms with van der Waals surface area (Å²) >= 11 is 0. The number of benzene rings is 2. The quantitative estimate of drug-likeness (QED) is 0.625. The molecule has 0 unspecified atom stereocenters. The molecule has 0 spiro atoms. The van der Waals surface area contributed by atoms with Crippen molar-refractivity contribution in [2.45, 2.75) is 46.6 Å². The predicted octanol–water partition coefficient (Wildman–Crippen LogP) is 4.37. The van der Waals surface area contributed by atoms with E-state index in [9.17, 15) is 9.90 Å². The standard InChI is InChI=1S/C21H26O4/c1-14-12-16(3)19(18(13-14)24-11-10-21(4,5)23)25-20(22)17-9-7-6-8-15(17)2/h6-9,12-13,23H,10-11H2,1-5H3.